The van der Waals surface area contributed by atoms with Crippen molar-refractivity contribution in [1.29, 1.82) is 5.26 Å². The van der Waals surface area contributed by atoms with E-state index < -0.39 is 4.92 Å². The van der Waals surface area contributed by atoms with E-state index in [1.165, 1.54) is 12.1 Å². The van der Waals surface area contributed by atoms with E-state index in [0.29, 0.717) is 16.9 Å². The van der Waals surface area contributed by atoms with Crippen LogP contribution in [0.3, 0.4) is 0 Å². The molecule has 0 saturated heterocycles. The standard InChI is InChI=1S/C14H15N3O2/c1-10(2)5-6-16-9-11(8-15)13-7-12(17(18)19)3-4-14(13)16/h3-4,7,9-10H,5-6H2,1-2H3. The van der Waals surface area contributed by atoms with Crippen LogP contribution in [0.25, 0.3) is 10.9 Å². The third-order valence-corrected chi connectivity index (χ3v) is 3.14. The van der Waals surface area contributed by atoms with Crippen LogP contribution in [0, 0.1) is 27.4 Å². The van der Waals surface area contributed by atoms with Crippen LogP contribution in [0.2, 0.25) is 0 Å². The number of fused-ring (bicyclic) bond motifs is 1. The van der Waals surface area contributed by atoms with Gasteiger partial charge in [-0.1, -0.05) is 13.8 Å². The van der Waals surface area contributed by atoms with Gasteiger partial charge in [-0.05, 0) is 18.4 Å². The van der Waals surface area contributed by atoms with Gasteiger partial charge in [-0.15, -0.1) is 0 Å². The quantitative estimate of drug-likeness (QED) is 0.622. The van der Waals surface area contributed by atoms with Gasteiger partial charge in [0, 0.05) is 35.8 Å². The Morgan fingerprint density at radius 2 is 2.21 bits per heavy atom. The molecule has 0 bridgehead atoms. The molecule has 1 aromatic heterocycles. The van der Waals surface area contributed by atoms with E-state index >= 15 is 0 Å². The fourth-order valence-corrected chi connectivity index (χ4v) is 2.07. The van der Waals surface area contributed by atoms with Crippen LogP contribution in [-0.4, -0.2) is 9.49 Å². The fraction of sp³-hybridized carbons (Fsp3) is 0.357. The minimum absolute atomic E-state index is 0.0191. The number of aromatic nitrogens is 1. The second kappa shape index (κ2) is 5.11. The first-order valence-electron chi connectivity index (χ1n) is 6.20. The first-order valence-corrected chi connectivity index (χ1v) is 6.20. The van der Waals surface area contributed by atoms with Gasteiger partial charge in [-0.2, -0.15) is 5.26 Å². The van der Waals surface area contributed by atoms with Crippen molar-refractivity contribution in [3.05, 3.63) is 40.1 Å². The molecule has 0 aliphatic carbocycles. The van der Waals surface area contributed by atoms with Gasteiger partial charge in [0.05, 0.1) is 10.5 Å². The minimum Gasteiger partial charge on any atom is -0.346 e. The summed E-state index contributed by atoms with van der Waals surface area (Å²) < 4.78 is 2.00. The molecule has 0 saturated carbocycles. The van der Waals surface area contributed by atoms with E-state index in [0.717, 1.165) is 18.5 Å². The summed E-state index contributed by atoms with van der Waals surface area (Å²) in [6, 6.07) is 6.77. The molecule has 0 aliphatic heterocycles. The highest BCUT2D eigenvalue weighted by Crippen LogP contribution is 2.26. The molecule has 0 unspecified atom stereocenters. The summed E-state index contributed by atoms with van der Waals surface area (Å²) in [6.07, 6.45) is 2.78. The van der Waals surface area contributed by atoms with E-state index in [1.54, 1.807) is 12.3 Å². The molecule has 0 spiro atoms. The van der Waals surface area contributed by atoms with Crippen LogP contribution >= 0.6 is 0 Å². The summed E-state index contributed by atoms with van der Waals surface area (Å²) >= 11 is 0. The summed E-state index contributed by atoms with van der Waals surface area (Å²) in [5.41, 5.74) is 1.39. The van der Waals surface area contributed by atoms with Gasteiger partial charge >= 0.3 is 0 Å². The number of aryl methyl sites for hydroxylation is 1. The zero-order valence-corrected chi connectivity index (χ0v) is 11.0. The van der Waals surface area contributed by atoms with Gasteiger partial charge in [0.2, 0.25) is 0 Å². The van der Waals surface area contributed by atoms with Gasteiger partial charge in [0.15, 0.2) is 0 Å². The third kappa shape index (κ3) is 2.58. The Hall–Kier alpha value is -2.35. The van der Waals surface area contributed by atoms with Crippen molar-refractivity contribution >= 4 is 16.6 Å². The largest absolute Gasteiger partial charge is 0.346 e. The third-order valence-electron chi connectivity index (χ3n) is 3.14. The maximum atomic E-state index is 10.8. The van der Waals surface area contributed by atoms with Gasteiger partial charge in [-0.25, -0.2) is 0 Å². The topological polar surface area (TPSA) is 71.9 Å². The van der Waals surface area contributed by atoms with E-state index in [2.05, 4.69) is 19.9 Å². The molecule has 1 aromatic carbocycles. The van der Waals surface area contributed by atoms with E-state index in [9.17, 15) is 10.1 Å². The van der Waals surface area contributed by atoms with Crippen molar-refractivity contribution < 1.29 is 4.92 Å². The molecule has 1 heterocycles. The summed E-state index contributed by atoms with van der Waals surface area (Å²) in [5.74, 6) is 0.570. The number of rotatable bonds is 4. The maximum absolute atomic E-state index is 10.8. The predicted octanol–water partition coefficient (Wildman–Crippen LogP) is 3.47. The van der Waals surface area contributed by atoms with Crippen LogP contribution in [0.5, 0.6) is 0 Å². The molecule has 98 valence electrons. The molecule has 2 aromatic rings. The number of nitrogens with zero attached hydrogens (tertiary/aromatic N) is 3. The number of hydrogen-bond donors (Lipinski definition) is 0. The van der Waals surface area contributed by atoms with Crippen LogP contribution in [0.15, 0.2) is 24.4 Å². The van der Waals surface area contributed by atoms with Crippen molar-refractivity contribution in [3.8, 4) is 6.07 Å². The van der Waals surface area contributed by atoms with Gasteiger partial charge in [0.1, 0.15) is 6.07 Å². The average Bonchev–Trinajstić information content (AvgIpc) is 2.73. The summed E-state index contributed by atoms with van der Waals surface area (Å²) in [5, 5.41) is 20.6. The first-order chi connectivity index (χ1) is 9.02. The highest BCUT2D eigenvalue weighted by atomic mass is 16.6. The van der Waals surface area contributed by atoms with Gasteiger partial charge in [0.25, 0.3) is 5.69 Å². The Morgan fingerprint density at radius 3 is 2.79 bits per heavy atom. The lowest BCUT2D eigenvalue weighted by atomic mass is 10.1. The van der Waals surface area contributed by atoms with Crippen LogP contribution in [-0.2, 0) is 6.54 Å². The van der Waals surface area contributed by atoms with E-state index in [4.69, 9.17) is 5.26 Å². The Kier molecular flexibility index (Phi) is 3.52. The van der Waals surface area contributed by atoms with Crippen molar-refractivity contribution in [1.82, 2.24) is 4.57 Å². The molecule has 5 heteroatoms. The molecule has 19 heavy (non-hydrogen) atoms. The lowest BCUT2D eigenvalue weighted by molar-refractivity contribution is -0.384. The number of benzene rings is 1. The van der Waals surface area contributed by atoms with Crippen LogP contribution in [0.1, 0.15) is 25.8 Å². The molecule has 0 aliphatic rings. The second-order valence-electron chi connectivity index (χ2n) is 4.99. The summed E-state index contributed by atoms with van der Waals surface area (Å²) in [6.45, 7) is 5.09. The number of hydrogen-bond acceptors (Lipinski definition) is 3. The zero-order chi connectivity index (χ0) is 14.0. The smallest absolute Gasteiger partial charge is 0.270 e. The molecule has 2 rings (SSSR count). The highest BCUT2D eigenvalue weighted by Gasteiger charge is 2.13. The summed E-state index contributed by atoms with van der Waals surface area (Å²) in [7, 11) is 0. The number of nitriles is 1. The Balaban J connectivity index is 2.50. The second-order valence-corrected chi connectivity index (χ2v) is 4.99. The molecule has 5 nitrogen and oxygen atoms in total. The van der Waals surface area contributed by atoms with Crippen LogP contribution < -0.4 is 0 Å². The monoisotopic (exact) mass is 257 g/mol. The first kappa shape index (κ1) is 13.1. The normalized spacial score (nSPS) is 10.8. The molecule has 0 radical (unpaired) electrons. The lowest BCUT2D eigenvalue weighted by Crippen LogP contribution is -1.99. The number of nitro benzene ring substituents is 1. The maximum Gasteiger partial charge on any atom is 0.270 e. The minimum atomic E-state index is -0.438. The predicted molar refractivity (Wildman–Crippen MR) is 72.8 cm³/mol. The van der Waals surface area contributed by atoms with Crippen molar-refractivity contribution in [2.75, 3.05) is 0 Å². The molecule has 0 fully saturated rings. The Labute approximate surface area is 111 Å². The molecule has 0 atom stereocenters. The SMILES string of the molecule is CC(C)CCn1cc(C#N)c2cc([N+](=O)[O-])ccc21. The van der Waals surface area contributed by atoms with Crippen molar-refractivity contribution in [2.24, 2.45) is 5.92 Å². The molecule has 0 amide bonds. The summed E-state index contributed by atoms with van der Waals surface area (Å²) in [4.78, 5) is 10.3. The van der Waals surface area contributed by atoms with Crippen LogP contribution in [0.4, 0.5) is 5.69 Å². The van der Waals surface area contributed by atoms with Gasteiger partial charge < -0.3 is 4.57 Å². The van der Waals surface area contributed by atoms with Gasteiger partial charge in [-0.3, -0.25) is 10.1 Å². The fourth-order valence-electron chi connectivity index (χ4n) is 2.07. The van der Waals surface area contributed by atoms with Crippen molar-refractivity contribution in [2.45, 2.75) is 26.8 Å². The Morgan fingerprint density at radius 1 is 1.47 bits per heavy atom. The molecular formula is C14H15N3O2. The van der Waals surface area contributed by atoms with E-state index in [-0.39, 0.29) is 5.69 Å². The number of nitro groups is 1. The average molecular weight is 257 g/mol. The number of non-ortho nitro benzene ring substituents is 1. The highest BCUT2D eigenvalue weighted by molar-refractivity contribution is 5.88. The zero-order valence-electron chi connectivity index (χ0n) is 11.0. The van der Waals surface area contributed by atoms with E-state index in [1.807, 2.05) is 4.57 Å². The lowest BCUT2D eigenvalue weighted by Gasteiger charge is -2.07. The Bertz CT molecular complexity index is 665. The molecular weight excluding hydrogens is 242 g/mol. The van der Waals surface area contributed by atoms with Crippen molar-refractivity contribution in [3.63, 3.8) is 0 Å². The molecule has 0 N–H and O–H groups in total.